The molecule has 18 heteroatoms. The summed E-state index contributed by atoms with van der Waals surface area (Å²) in [4.78, 5) is 70.5. The number of amides is 3. The summed E-state index contributed by atoms with van der Waals surface area (Å²) in [6.07, 6.45) is 2.54. The Bertz CT molecular complexity index is 2450. The number of alkyl carbamates (subject to hydrolysis) is 1. The van der Waals surface area contributed by atoms with E-state index < -0.39 is 41.3 Å². The van der Waals surface area contributed by atoms with Crippen LogP contribution in [-0.4, -0.2) is 79.4 Å². The fraction of sp³-hybridized carbons (Fsp3) is 0.453. The van der Waals surface area contributed by atoms with Crippen molar-refractivity contribution in [2.45, 2.75) is 130 Å². The summed E-state index contributed by atoms with van der Waals surface area (Å²) >= 11 is 6.30. The molecule has 15 nitrogen and oxygen atoms in total. The van der Waals surface area contributed by atoms with Gasteiger partial charge in [-0.05, 0) is 207 Å². The van der Waals surface area contributed by atoms with Crippen LogP contribution in [0.4, 0.5) is 16.2 Å². The second-order valence-electron chi connectivity index (χ2n) is 18.8. The fourth-order valence-electron chi connectivity index (χ4n) is 7.38. The number of nitrogens with one attached hydrogen (secondary N) is 2. The maximum atomic E-state index is 14.4. The Hall–Kier alpha value is -4.58. The van der Waals surface area contributed by atoms with Crippen LogP contribution in [0.3, 0.4) is 0 Å². The normalized spacial score (nSPS) is 12.7. The van der Waals surface area contributed by atoms with Crippen molar-refractivity contribution in [2.24, 2.45) is 5.92 Å². The van der Waals surface area contributed by atoms with E-state index in [0.29, 0.717) is 81.4 Å². The molecule has 3 atom stereocenters. The summed E-state index contributed by atoms with van der Waals surface area (Å²) in [6, 6.07) is 18.8. The number of esters is 1. The molecule has 0 aliphatic rings. The van der Waals surface area contributed by atoms with E-state index in [9.17, 15) is 29.1 Å². The third-order valence-electron chi connectivity index (χ3n) is 10.9. The molecule has 3 N–H and O–H groups in total. The van der Waals surface area contributed by atoms with E-state index in [1.807, 2.05) is 53.8 Å². The molecule has 0 aliphatic carbocycles. The number of hydrogen-bond donors (Lipinski definition) is 3. The van der Waals surface area contributed by atoms with Crippen molar-refractivity contribution in [3.05, 3.63) is 89.1 Å². The van der Waals surface area contributed by atoms with Crippen molar-refractivity contribution in [1.29, 1.82) is 0 Å². The molecule has 0 saturated carbocycles. The maximum absolute atomic E-state index is 14.4. The lowest BCUT2D eigenvalue weighted by molar-refractivity contribution is -0.159. The van der Waals surface area contributed by atoms with E-state index in [1.54, 1.807) is 116 Å². The summed E-state index contributed by atoms with van der Waals surface area (Å²) in [5.41, 5.74) is 0.168. The van der Waals surface area contributed by atoms with Gasteiger partial charge in [0.05, 0.1) is 37.7 Å². The summed E-state index contributed by atoms with van der Waals surface area (Å²) in [6.45, 7) is 12.2. The summed E-state index contributed by atoms with van der Waals surface area (Å²) in [7, 11) is 4.70. The van der Waals surface area contributed by atoms with Crippen molar-refractivity contribution < 1.29 is 57.5 Å². The Morgan fingerprint density at radius 3 is 1.86 bits per heavy atom. The quantitative estimate of drug-likeness (QED) is 0.0343. The minimum Gasteiger partial charge on any atom is -0.507 e. The fourth-order valence-corrected chi connectivity index (χ4v) is 9.98. The van der Waals surface area contributed by atoms with Gasteiger partial charge in [0, 0.05) is 36.9 Å². The van der Waals surface area contributed by atoms with Gasteiger partial charge in [-0.2, -0.15) is 0 Å². The highest BCUT2D eigenvalue weighted by Gasteiger charge is 2.33. The highest BCUT2D eigenvalue weighted by atomic mass is 127. The van der Waals surface area contributed by atoms with Crippen molar-refractivity contribution in [3.63, 3.8) is 0 Å². The molecule has 3 amide bonds. The number of rotatable bonds is 24. The molecule has 386 valence electrons. The number of ether oxygens (including phenoxy) is 6. The van der Waals surface area contributed by atoms with Gasteiger partial charge < -0.3 is 44.2 Å². The summed E-state index contributed by atoms with van der Waals surface area (Å²) in [5.74, 6) is 1.08. The number of Topliss-reactive ketones (excluding diaryl/α,β-unsaturated/α-hetero) is 1. The van der Waals surface area contributed by atoms with Gasteiger partial charge in [0.25, 0.3) is 0 Å². The van der Waals surface area contributed by atoms with Crippen LogP contribution in [0.2, 0.25) is 0 Å². The molecule has 0 saturated heterocycles. The monoisotopic (exact) mass is 1320 g/mol. The molecule has 4 aromatic carbocycles. The number of benzene rings is 4. The summed E-state index contributed by atoms with van der Waals surface area (Å²) in [5, 5.41) is 15.4. The van der Waals surface area contributed by atoms with Gasteiger partial charge in [-0.3, -0.25) is 19.3 Å². The van der Waals surface area contributed by atoms with Crippen LogP contribution < -0.4 is 34.5 Å². The van der Waals surface area contributed by atoms with Gasteiger partial charge in [-0.1, -0.05) is 19.8 Å². The molecule has 71 heavy (non-hydrogen) atoms. The van der Waals surface area contributed by atoms with Crippen molar-refractivity contribution in [2.75, 3.05) is 26.2 Å². The predicted octanol–water partition coefficient (Wildman–Crippen LogP) is 12.0. The molecule has 0 spiro atoms. The van der Waals surface area contributed by atoms with E-state index in [2.05, 4.69) is 55.8 Å². The first-order valence-electron chi connectivity index (χ1n) is 23.3. The molecule has 0 aromatic heterocycles. The number of hydrogen-bond acceptors (Lipinski definition) is 12. The van der Waals surface area contributed by atoms with Gasteiger partial charge in [-0.15, -0.1) is 0 Å². The smallest absolute Gasteiger partial charge is 0.408 e. The van der Waals surface area contributed by atoms with Gasteiger partial charge in [0.2, 0.25) is 11.8 Å². The van der Waals surface area contributed by atoms with Gasteiger partial charge >= 0.3 is 12.1 Å². The number of anilines is 2. The molecule has 0 aliphatic heterocycles. The number of phenols is 1. The number of carbonyl (C=O) groups excluding carboxylic acids is 5. The first-order valence-corrected chi connectivity index (χ1v) is 26.6. The van der Waals surface area contributed by atoms with Crippen LogP contribution in [0.1, 0.15) is 105 Å². The van der Waals surface area contributed by atoms with Crippen LogP contribution in [-0.2, 0) is 35.1 Å². The van der Waals surface area contributed by atoms with E-state index >= 15 is 0 Å². The second-order valence-corrected chi connectivity index (χ2v) is 22.3. The number of phenolic OH excluding ortho intramolecular Hbond substituents is 1. The number of halogens is 3. The van der Waals surface area contributed by atoms with Crippen molar-refractivity contribution in [3.8, 4) is 34.5 Å². The molecule has 0 heterocycles. The first-order chi connectivity index (χ1) is 33.4. The third-order valence-corrected chi connectivity index (χ3v) is 13.4. The number of carbonyl (C=O) groups is 5. The topological polar surface area (TPSA) is 188 Å². The molecule has 3 unspecified atom stereocenters. The zero-order valence-electron chi connectivity index (χ0n) is 42.0. The SMILES string of the molecule is CCC(CCCCCC(=O)CCC(NC(=O)C(Cc1cc(I)c(Oc2ccc(O)c(I)c2)c(I)c1)NC(=O)OC(C)(C)C)C(=O)OC(C)(C)C)C(=O)N(c1ccc(OC)cc1)c1ccc(OC)cc1OC. The Morgan fingerprint density at radius 2 is 1.28 bits per heavy atom. The van der Waals surface area contributed by atoms with Crippen LogP contribution in [0.5, 0.6) is 34.5 Å². The van der Waals surface area contributed by atoms with Gasteiger partial charge in [-0.25, -0.2) is 9.59 Å². The zero-order valence-corrected chi connectivity index (χ0v) is 48.5. The lowest BCUT2D eigenvalue weighted by Gasteiger charge is -2.29. The van der Waals surface area contributed by atoms with E-state index in [-0.39, 0.29) is 49.0 Å². The minimum atomic E-state index is -1.20. The van der Waals surface area contributed by atoms with Crippen LogP contribution in [0.15, 0.2) is 72.8 Å². The number of ketones is 1. The number of methoxy groups -OCH3 is 3. The van der Waals surface area contributed by atoms with E-state index in [4.69, 9.17) is 28.4 Å². The van der Waals surface area contributed by atoms with E-state index in [1.165, 1.54) is 0 Å². The molecule has 0 bridgehead atoms. The molecule has 0 radical (unpaired) electrons. The Kier molecular flexibility index (Phi) is 22.8. The Balaban J connectivity index is 1.43. The molecular weight excluding hydrogens is 1250 g/mol. The molecule has 4 rings (SSSR count). The van der Waals surface area contributed by atoms with Gasteiger partial charge in [0.1, 0.15) is 57.8 Å². The average molecular weight is 1320 g/mol. The number of nitrogens with zero attached hydrogens (tertiary/aromatic N) is 1. The largest absolute Gasteiger partial charge is 0.507 e. The maximum Gasteiger partial charge on any atom is 0.408 e. The van der Waals surface area contributed by atoms with Crippen LogP contribution >= 0.6 is 67.8 Å². The summed E-state index contributed by atoms with van der Waals surface area (Å²) < 4.78 is 36.0. The van der Waals surface area contributed by atoms with Crippen LogP contribution in [0.25, 0.3) is 0 Å². The lowest BCUT2D eigenvalue weighted by Crippen LogP contribution is -2.54. The van der Waals surface area contributed by atoms with Gasteiger partial charge in [0.15, 0.2) is 5.75 Å². The highest BCUT2D eigenvalue weighted by Crippen LogP contribution is 2.39. The predicted molar refractivity (Wildman–Crippen MR) is 298 cm³/mol. The standard InChI is InChI=1S/C53H66I3N3O12/c1-11-33(49(63)59(34-17-20-36(66-8)21-18-34)44-25-22-37(67-9)31-46(44)68-10)15-13-12-14-16-35(60)19-24-42(50(64)70-52(2,3)4)57-48(62)43(58-51(65)71-53(5,6)7)29-32-27-40(55)47(41(56)28-32)69-38-23-26-45(61)39(54)30-38/h17-18,20-23,25-28,30-31,33,42-43,61H,11-16,19,24,29H2,1-10H3,(H,57,62)(H,58,65). The van der Waals surface area contributed by atoms with Crippen molar-refractivity contribution >= 4 is 109 Å². The molecule has 0 fully saturated rings. The second kappa shape index (κ2) is 27.5. The lowest BCUT2D eigenvalue weighted by atomic mass is 9.95. The number of unbranched alkanes of at least 4 members (excludes halogenated alkanes) is 2. The van der Waals surface area contributed by atoms with Crippen LogP contribution in [0, 0.1) is 16.6 Å². The third kappa shape index (κ3) is 18.8. The Morgan fingerprint density at radius 1 is 0.662 bits per heavy atom. The number of aromatic hydroxyl groups is 1. The molecule has 4 aromatic rings. The highest BCUT2D eigenvalue weighted by molar-refractivity contribution is 14.1. The zero-order chi connectivity index (χ0) is 52.6. The minimum absolute atomic E-state index is 0.0110. The Labute approximate surface area is 458 Å². The average Bonchev–Trinajstić information content (AvgIpc) is 3.30. The van der Waals surface area contributed by atoms with E-state index in [0.717, 1.165) is 7.14 Å². The van der Waals surface area contributed by atoms with Crippen molar-refractivity contribution in [1.82, 2.24) is 10.6 Å². The molecular formula is C53H66I3N3O12. The first kappa shape index (κ1) is 59.0.